The van der Waals surface area contributed by atoms with Gasteiger partial charge in [-0.25, -0.2) is 0 Å². The lowest BCUT2D eigenvalue weighted by Gasteiger charge is -2.11. The highest BCUT2D eigenvalue weighted by atomic mass is 79.9. The number of rotatable bonds is 5. The number of hydrogen-bond donors (Lipinski definition) is 0. The van der Waals surface area contributed by atoms with Crippen LogP contribution in [0.15, 0.2) is 18.2 Å². The summed E-state index contributed by atoms with van der Waals surface area (Å²) in [6.07, 6.45) is 1.86. The minimum atomic E-state index is -2.75. The monoisotopic (exact) mass is 278 g/mol. The predicted molar refractivity (Wildman–Crippen MR) is 59.9 cm³/mol. The highest BCUT2D eigenvalue weighted by molar-refractivity contribution is 9.09. The molecule has 0 bridgehead atoms. The van der Waals surface area contributed by atoms with Gasteiger partial charge in [0.1, 0.15) is 5.75 Å². The number of alkyl halides is 3. The number of hydrogen-bond acceptors (Lipinski definition) is 1. The third kappa shape index (κ3) is 3.78. The fraction of sp³-hybridized carbons (Fsp3) is 0.455. The van der Waals surface area contributed by atoms with Crippen LogP contribution in [0.2, 0.25) is 0 Å². The molecule has 0 amide bonds. The van der Waals surface area contributed by atoms with Crippen molar-refractivity contribution in [3.63, 3.8) is 0 Å². The second kappa shape index (κ2) is 6.05. The van der Waals surface area contributed by atoms with Crippen molar-refractivity contribution >= 4 is 15.9 Å². The third-order valence-electron chi connectivity index (χ3n) is 2.19. The summed E-state index contributed by atoms with van der Waals surface area (Å²) in [5.74, 6) is 0.275. The van der Waals surface area contributed by atoms with E-state index in [1.165, 1.54) is 0 Å². The van der Waals surface area contributed by atoms with E-state index < -0.39 is 6.61 Å². The fourth-order valence-corrected chi connectivity index (χ4v) is 1.69. The van der Waals surface area contributed by atoms with Gasteiger partial charge in [0.15, 0.2) is 0 Å². The Hall–Kier alpha value is -0.640. The maximum absolute atomic E-state index is 12.1. The first-order chi connectivity index (χ1) is 7.15. The third-order valence-corrected chi connectivity index (χ3v) is 2.75. The zero-order valence-corrected chi connectivity index (χ0v) is 10.1. The molecule has 0 aliphatic rings. The first-order valence-corrected chi connectivity index (χ1v) is 5.86. The molecule has 0 atom stereocenters. The normalized spacial score (nSPS) is 10.7. The molecule has 0 saturated carbocycles. The van der Waals surface area contributed by atoms with Gasteiger partial charge >= 0.3 is 6.61 Å². The number of benzene rings is 1. The van der Waals surface area contributed by atoms with E-state index in [2.05, 4.69) is 20.7 Å². The van der Waals surface area contributed by atoms with E-state index in [0.29, 0.717) is 0 Å². The van der Waals surface area contributed by atoms with Crippen molar-refractivity contribution in [3.8, 4) is 5.75 Å². The molecule has 1 nitrogen and oxygen atoms in total. The van der Waals surface area contributed by atoms with Gasteiger partial charge in [0.05, 0.1) is 0 Å². The lowest BCUT2D eigenvalue weighted by Crippen LogP contribution is -2.04. The molecule has 1 aromatic rings. The van der Waals surface area contributed by atoms with Crippen molar-refractivity contribution in [1.29, 1.82) is 0 Å². The largest absolute Gasteiger partial charge is 0.435 e. The Bertz CT molecular complexity index is 315. The van der Waals surface area contributed by atoms with Crippen molar-refractivity contribution in [2.45, 2.75) is 26.4 Å². The molecular weight excluding hydrogens is 266 g/mol. The Morgan fingerprint density at radius 2 is 2.13 bits per heavy atom. The zero-order valence-electron chi connectivity index (χ0n) is 8.47. The van der Waals surface area contributed by atoms with E-state index in [0.717, 1.165) is 29.3 Å². The summed E-state index contributed by atoms with van der Waals surface area (Å²) in [5, 5.41) is 0.909. The van der Waals surface area contributed by atoms with Crippen LogP contribution >= 0.6 is 15.9 Å². The first kappa shape index (κ1) is 12.4. The maximum atomic E-state index is 12.1. The van der Waals surface area contributed by atoms with Crippen molar-refractivity contribution < 1.29 is 13.5 Å². The second-order valence-corrected chi connectivity index (χ2v) is 4.00. The topological polar surface area (TPSA) is 9.23 Å². The predicted octanol–water partition coefficient (Wildman–Crippen LogP) is 3.92. The Labute approximate surface area is 96.6 Å². The van der Waals surface area contributed by atoms with Gasteiger partial charge in [0.25, 0.3) is 0 Å². The van der Waals surface area contributed by atoms with Gasteiger partial charge in [0.2, 0.25) is 0 Å². The van der Waals surface area contributed by atoms with Gasteiger partial charge in [0, 0.05) is 5.33 Å². The van der Waals surface area contributed by atoms with Crippen LogP contribution in [0, 0.1) is 6.92 Å². The van der Waals surface area contributed by atoms with Crippen molar-refractivity contribution in [2.24, 2.45) is 0 Å². The Morgan fingerprint density at radius 3 is 2.73 bits per heavy atom. The molecule has 0 N–H and O–H groups in total. The minimum Gasteiger partial charge on any atom is -0.435 e. The standard InChI is InChI=1S/C11H13BrF2O/c1-8-9(5-3-7-12)4-2-6-10(8)15-11(13)14/h2,4,6,11H,3,5,7H2,1H3. The lowest BCUT2D eigenvalue weighted by molar-refractivity contribution is -0.0503. The Kier molecular flexibility index (Phi) is 5.02. The van der Waals surface area contributed by atoms with Crippen LogP contribution in [0.3, 0.4) is 0 Å². The lowest BCUT2D eigenvalue weighted by atomic mass is 10.0. The van der Waals surface area contributed by atoms with Crippen molar-refractivity contribution in [3.05, 3.63) is 29.3 Å². The molecule has 1 aromatic carbocycles. The van der Waals surface area contributed by atoms with Gasteiger partial charge in [-0.15, -0.1) is 0 Å². The molecule has 0 heterocycles. The van der Waals surface area contributed by atoms with E-state index in [-0.39, 0.29) is 5.75 Å². The number of ether oxygens (including phenoxy) is 1. The van der Waals surface area contributed by atoms with Gasteiger partial charge in [-0.2, -0.15) is 8.78 Å². The quantitative estimate of drug-likeness (QED) is 0.742. The SMILES string of the molecule is Cc1c(CCCBr)cccc1OC(F)F. The van der Waals surface area contributed by atoms with Gasteiger partial charge in [-0.1, -0.05) is 28.1 Å². The Morgan fingerprint density at radius 1 is 1.40 bits per heavy atom. The van der Waals surface area contributed by atoms with Crippen LogP contribution in [0.1, 0.15) is 17.5 Å². The molecule has 0 aromatic heterocycles. The zero-order chi connectivity index (χ0) is 11.3. The fourth-order valence-electron chi connectivity index (χ4n) is 1.41. The molecule has 0 radical (unpaired) electrons. The molecule has 0 saturated heterocycles. The minimum absolute atomic E-state index is 0.275. The molecule has 0 fully saturated rings. The summed E-state index contributed by atoms with van der Waals surface area (Å²) in [7, 11) is 0. The summed E-state index contributed by atoms with van der Waals surface area (Å²) in [6, 6.07) is 5.25. The average Bonchev–Trinajstić information content (AvgIpc) is 2.19. The Balaban J connectivity index is 2.80. The summed E-state index contributed by atoms with van der Waals surface area (Å²) >= 11 is 3.34. The average molecular weight is 279 g/mol. The van der Waals surface area contributed by atoms with E-state index in [1.807, 2.05) is 6.07 Å². The van der Waals surface area contributed by atoms with Crippen LogP contribution in [-0.4, -0.2) is 11.9 Å². The molecule has 84 valence electrons. The van der Waals surface area contributed by atoms with E-state index in [4.69, 9.17) is 0 Å². The molecular formula is C11H13BrF2O. The van der Waals surface area contributed by atoms with Gasteiger partial charge in [-0.05, 0) is 37.0 Å². The summed E-state index contributed by atoms with van der Waals surface area (Å²) in [4.78, 5) is 0. The molecule has 0 spiro atoms. The van der Waals surface area contributed by atoms with Crippen LogP contribution in [0.5, 0.6) is 5.75 Å². The van der Waals surface area contributed by atoms with E-state index >= 15 is 0 Å². The van der Waals surface area contributed by atoms with Gasteiger partial charge < -0.3 is 4.74 Å². The van der Waals surface area contributed by atoms with Crippen LogP contribution in [-0.2, 0) is 6.42 Å². The molecule has 1 rings (SSSR count). The summed E-state index contributed by atoms with van der Waals surface area (Å²) in [5.41, 5.74) is 1.87. The van der Waals surface area contributed by atoms with E-state index in [9.17, 15) is 8.78 Å². The van der Waals surface area contributed by atoms with Crippen LogP contribution in [0.4, 0.5) is 8.78 Å². The molecule has 15 heavy (non-hydrogen) atoms. The summed E-state index contributed by atoms with van der Waals surface area (Å²) < 4.78 is 28.5. The molecule has 4 heteroatoms. The van der Waals surface area contributed by atoms with Crippen LogP contribution in [0.25, 0.3) is 0 Å². The van der Waals surface area contributed by atoms with E-state index in [1.54, 1.807) is 19.1 Å². The van der Waals surface area contributed by atoms with Gasteiger partial charge in [-0.3, -0.25) is 0 Å². The van der Waals surface area contributed by atoms with Crippen molar-refractivity contribution in [1.82, 2.24) is 0 Å². The molecule has 0 aliphatic heterocycles. The number of aryl methyl sites for hydroxylation is 1. The number of halogens is 3. The van der Waals surface area contributed by atoms with Crippen LogP contribution < -0.4 is 4.74 Å². The highest BCUT2D eigenvalue weighted by Gasteiger charge is 2.09. The van der Waals surface area contributed by atoms with Crippen molar-refractivity contribution in [2.75, 3.05) is 5.33 Å². The first-order valence-electron chi connectivity index (χ1n) is 4.74. The summed E-state index contributed by atoms with van der Waals surface area (Å²) in [6.45, 7) is -0.948. The molecule has 0 aliphatic carbocycles. The maximum Gasteiger partial charge on any atom is 0.387 e. The molecule has 0 unspecified atom stereocenters. The second-order valence-electron chi connectivity index (χ2n) is 3.21. The smallest absolute Gasteiger partial charge is 0.387 e. The highest BCUT2D eigenvalue weighted by Crippen LogP contribution is 2.24.